The SMILES string of the molecule is Cc1ccccc1NC(=O)N1CCN(C(=O)c2cc3ccsc3n2Cc2cccc(F)c2)C[C@H]1C. The number of amides is 3. The van der Waals surface area contributed by atoms with Gasteiger partial charge in [-0.15, -0.1) is 11.3 Å². The first kappa shape index (κ1) is 23.1. The van der Waals surface area contributed by atoms with Crippen LogP contribution in [0, 0.1) is 12.7 Å². The summed E-state index contributed by atoms with van der Waals surface area (Å²) in [5.74, 6) is -0.366. The zero-order chi connectivity index (χ0) is 24.5. The maximum atomic E-state index is 13.8. The largest absolute Gasteiger partial charge is 0.334 e. The second kappa shape index (κ2) is 9.54. The Morgan fingerprint density at radius 3 is 2.69 bits per heavy atom. The lowest BCUT2D eigenvalue weighted by Crippen LogP contribution is -2.56. The number of urea groups is 1. The Morgan fingerprint density at radius 2 is 1.91 bits per heavy atom. The van der Waals surface area contributed by atoms with Crippen molar-refractivity contribution in [2.45, 2.75) is 26.4 Å². The number of hydrogen-bond acceptors (Lipinski definition) is 3. The number of rotatable bonds is 4. The van der Waals surface area contributed by atoms with Crippen molar-refractivity contribution in [3.05, 3.63) is 88.7 Å². The average molecular weight is 491 g/mol. The van der Waals surface area contributed by atoms with Gasteiger partial charge in [-0.1, -0.05) is 30.3 Å². The van der Waals surface area contributed by atoms with Crippen LogP contribution in [-0.4, -0.2) is 52.0 Å². The molecule has 0 radical (unpaired) electrons. The molecule has 0 spiro atoms. The van der Waals surface area contributed by atoms with Crippen LogP contribution in [0.1, 0.15) is 28.5 Å². The molecule has 3 heterocycles. The van der Waals surface area contributed by atoms with E-state index in [1.54, 1.807) is 22.3 Å². The predicted molar refractivity (Wildman–Crippen MR) is 138 cm³/mol. The van der Waals surface area contributed by atoms with Gasteiger partial charge in [0.1, 0.15) is 16.3 Å². The van der Waals surface area contributed by atoms with Gasteiger partial charge in [-0.25, -0.2) is 9.18 Å². The zero-order valence-electron chi connectivity index (χ0n) is 19.7. The molecule has 2 aromatic carbocycles. The third-order valence-corrected chi connectivity index (χ3v) is 7.46. The standard InChI is InChI=1S/C27H27FN4O2S/c1-18-6-3-4-9-23(18)29-27(34)31-12-11-30(16-19(31)2)25(33)24-15-21-10-13-35-26(21)32(24)17-20-7-5-8-22(28)14-20/h3-10,13-15,19H,11-12,16-17H2,1-2H3,(H,29,34)/t19-/m1/s1. The van der Waals surface area contributed by atoms with E-state index < -0.39 is 0 Å². The van der Waals surface area contributed by atoms with Gasteiger partial charge in [0.2, 0.25) is 0 Å². The fraction of sp³-hybridized carbons (Fsp3) is 0.259. The molecule has 1 aliphatic heterocycles. The number of thiophene rings is 1. The first-order valence-corrected chi connectivity index (χ1v) is 12.5. The van der Waals surface area contributed by atoms with E-state index in [9.17, 15) is 14.0 Å². The number of anilines is 1. The van der Waals surface area contributed by atoms with E-state index in [0.717, 1.165) is 27.0 Å². The minimum Gasteiger partial charge on any atom is -0.334 e. The van der Waals surface area contributed by atoms with Crippen molar-refractivity contribution >= 4 is 39.2 Å². The van der Waals surface area contributed by atoms with E-state index in [1.807, 2.05) is 71.2 Å². The second-order valence-corrected chi connectivity index (χ2v) is 9.86. The normalized spacial score (nSPS) is 16.0. The third kappa shape index (κ3) is 4.66. The number of carbonyl (C=O) groups excluding carboxylic acids is 2. The molecule has 8 heteroatoms. The summed E-state index contributed by atoms with van der Waals surface area (Å²) in [6, 6.07) is 17.8. The predicted octanol–water partition coefficient (Wildman–Crippen LogP) is 5.58. The molecule has 1 fully saturated rings. The molecule has 0 saturated carbocycles. The van der Waals surface area contributed by atoms with Crippen LogP contribution >= 0.6 is 11.3 Å². The monoisotopic (exact) mass is 490 g/mol. The van der Waals surface area contributed by atoms with E-state index >= 15 is 0 Å². The first-order valence-electron chi connectivity index (χ1n) is 11.6. The first-order chi connectivity index (χ1) is 16.9. The highest BCUT2D eigenvalue weighted by Gasteiger charge is 2.32. The van der Waals surface area contributed by atoms with E-state index in [-0.39, 0.29) is 23.8 Å². The summed E-state index contributed by atoms with van der Waals surface area (Å²) in [5.41, 5.74) is 3.18. The van der Waals surface area contributed by atoms with Crippen molar-refractivity contribution in [1.82, 2.24) is 14.4 Å². The fourth-order valence-corrected chi connectivity index (χ4v) is 5.53. The van der Waals surface area contributed by atoms with Gasteiger partial charge in [-0.3, -0.25) is 4.79 Å². The number of aryl methyl sites for hydroxylation is 1. The number of piperazine rings is 1. The van der Waals surface area contributed by atoms with Gasteiger partial charge < -0.3 is 19.7 Å². The van der Waals surface area contributed by atoms with Crippen LogP contribution in [0.3, 0.4) is 0 Å². The van der Waals surface area contributed by atoms with E-state index in [0.29, 0.717) is 31.9 Å². The average Bonchev–Trinajstić information content (AvgIpc) is 3.43. The lowest BCUT2D eigenvalue weighted by molar-refractivity contribution is 0.0583. The highest BCUT2D eigenvalue weighted by Crippen LogP contribution is 2.28. The number of aromatic nitrogens is 1. The number of hydrogen-bond donors (Lipinski definition) is 1. The van der Waals surface area contributed by atoms with Crippen LogP contribution in [-0.2, 0) is 6.54 Å². The molecule has 1 saturated heterocycles. The lowest BCUT2D eigenvalue weighted by atomic mass is 10.1. The molecular formula is C27H27FN4O2S. The Kier molecular flexibility index (Phi) is 6.30. The van der Waals surface area contributed by atoms with Gasteiger partial charge in [0, 0.05) is 43.3 Å². The molecular weight excluding hydrogens is 463 g/mol. The Morgan fingerprint density at radius 1 is 1.09 bits per heavy atom. The minimum atomic E-state index is -0.293. The smallest absolute Gasteiger partial charge is 0.322 e. The van der Waals surface area contributed by atoms with Gasteiger partial charge in [-0.05, 0) is 60.7 Å². The van der Waals surface area contributed by atoms with Crippen LogP contribution in [0.2, 0.25) is 0 Å². The molecule has 180 valence electrons. The number of nitrogens with one attached hydrogen (secondary N) is 1. The molecule has 1 aliphatic rings. The van der Waals surface area contributed by atoms with Crippen LogP contribution < -0.4 is 5.32 Å². The third-order valence-electron chi connectivity index (χ3n) is 6.51. The maximum absolute atomic E-state index is 13.8. The van der Waals surface area contributed by atoms with Gasteiger partial charge in [-0.2, -0.15) is 0 Å². The molecule has 0 aliphatic carbocycles. The molecule has 35 heavy (non-hydrogen) atoms. The Balaban J connectivity index is 1.33. The Hall–Kier alpha value is -3.65. The fourth-order valence-electron chi connectivity index (χ4n) is 4.63. The molecule has 1 N–H and O–H groups in total. The number of fused-ring (bicyclic) bond motifs is 1. The van der Waals surface area contributed by atoms with Crippen LogP contribution in [0.5, 0.6) is 0 Å². The summed E-state index contributed by atoms with van der Waals surface area (Å²) in [5, 5.41) is 5.99. The van der Waals surface area contributed by atoms with E-state index in [1.165, 1.54) is 12.1 Å². The number of carbonyl (C=O) groups is 2. The Bertz CT molecular complexity index is 1390. The van der Waals surface area contributed by atoms with Gasteiger partial charge in [0.15, 0.2) is 0 Å². The summed E-state index contributed by atoms with van der Waals surface area (Å²) in [4.78, 5) is 31.1. The molecule has 3 amide bonds. The number of nitrogens with zero attached hydrogens (tertiary/aromatic N) is 3. The molecule has 0 unspecified atom stereocenters. The summed E-state index contributed by atoms with van der Waals surface area (Å²) in [7, 11) is 0. The lowest BCUT2D eigenvalue weighted by Gasteiger charge is -2.39. The molecule has 5 rings (SSSR count). The van der Waals surface area contributed by atoms with Gasteiger partial charge in [0.05, 0.1) is 0 Å². The maximum Gasteiger partial charge on any atom is 0.322 e. The Labute approximate surface area is 207 Å². The topological polar surface area (TPSA) is 57.6 Å². The van der Waals surface area contributed by atoms with Gasteiger partial charge in [0.25, 0.3) is 5.91 Å². The van der Waals surface area contributed by atoms with Crippen LogP contribution in [0.4, 0.5) is 14.9 Å². The molecule has 0 bridgehead atoms. The van der Waals surface area contributed by atoms with E-state index in [4.69, 9.17) is 0 Å². The molecule has 6 nitrogen and oxygen atoms in total. The summed E-state index contributed by atoms with van der Waals surface area (Å²) in [6.45, 7) is 5.67. The summed E-state index contributed by atoms with van der Waals surface area (Å²) < 4.78 is 15.8. The molecule has 2 aromatic heterocycles. The van der Waals surface area contributed by atoms with Crippen molar-refractivity contribution in [1.29, 1.82) is 0 Å². The van der Waals surface area contributed by atoms with Crippen LogP contribution in [0.25, 0.3) is 10.2 Å². The summed E-state index contributed by atoms with van der Waals surface area (Å²) in [6.07, 6.45) is 0. The molecule has 4 aromatic rings. The molecule has 1 atom stereocenters. The minimum absolute atomic E-state index is 0.0735. The quantitative estimate of drug-likeness (QED) is 0.406. The van der Waals surface area contributed by atoms with E-state index in [2.05, 4.69) is 5.32 Å². The van der Waals surface area contributed by atoms with Crippen molar-refractivity contribution in [3.63, 3.8) is 0 Å². The van der Waals surface area contributed by atoms with Crippen molar-refractivity contribution in [3.8, 4) is 0 Å². The number of benzene rings is 2. The second-order valence-electron chi connectivity index (χ2n) is 8.97. The summed E-state index contributed by atoms with van der Waals surface area (Å²) >= 11 is 1.57. The highest BCUT2D eigenvalue weighted by atomic mass is 32.1. The van der Waals surface area contributed by atoms with Crippen molar-refractivity contribution in [2.75, 3.05) is 25.0 Å². The van der Waals surface area contributed by atoms with Crippen molar-refractivity contribution < 1.29 is 14.0 Å². The van der Waals surface area contributed by atoms with Gasteiger partial charge >= 0.3 is 6.03 Å². The van der Waals surface area contributed by atoms with Crippen LogP contribution in [0.15, 0.2) is 66.0 Å². The highest BCUT2D eigenvalue weighted by molar-refractivity contribution is 7.16. The van der Waals surface area contributed by atoms with Crippen molar-refractivity contribution in [2.24, 2.45) is 0 Å². The zero-order valence-corrected chi connectivity index (χ0v) is 20.5. The number of para-hydroxylation sites is 1. The number of halogens is 1.